The summed E-state index contributed by atoms with van der Waals surface area (Å²) in [7, 11) is 0. The molecular weight excluding hydrogens is 273 g/mol. The van der Waals surface area contributed by atoms with Crippen molar-refractivity contribution >= 4 is 10.9 Å². The van der Waals surface area contributed by atoms with Crippen molar-refractivity contribution in [3.63, 3.8) is 0 Å². The predicted octanol–water partition coefficient (Wildman–Crippen LogP) is 1.66. The molecule has 21 heavy (non-hydrogen) atoms. The Kier molecular flexibility index (Phi) is 3.45. The normalized spacial score (nSPS) is 12.5. The van der Waals surface area contributed by atoms with Crippen molar-refractivity contribution in [1.82, 2.24) is 15.0 Å². The molecule has 1 heterocycles. The van der Waals surface area contributed by atoms with Crippen LogP contribution in [-0.2, 0) is 6.54 Å². The number of hydrogen-bond donors (Lipinski definition) is 1. The second-order valence-corrected chi connectivity index (χ2v) is 4.66. The van der Waals surface area contributed by atoms with Gasteiger partial charge in [-0.1, -0.05) is 29.5 Å². The SMILES string of the molecule is O=c1c2ccccc2nnn1C[C@H](O)c1cccc(F)c1. The lowest BCUT2D eigenvalue weighted by molar-refractivity contribution is 0.148. The van der Waals surface area contributed by atoms with Gasteiger partial charge in [0, 0.05) is 0 Å². The van der Waals surface area contributed by atoms with Crippen LogP contribution in [0.2, 0.25) is 0 Å². The molecule has 0 fully saturated rings. The quantitative estimate of drug-likeness (QED) is 0.794. The minimum atomic E-state index is -1.03. The molecule has 1 aromatic heterocycles. The molecule has 6 heteroatoms. The van der Waals surface area contributed by atoms with Gasteiger partial charge in [-0.25, -0.2) is 9.07 Å². The molecule has 0 aliphatic rings. The molecule has 0 aliphatic carbocycles. The maximum Gasteiger partial charge on any atom is 0.277 e. The number of nitrogens with zero attached hydrogens (tertiary/aromatic N) is 3. The highest BCUT2D eigenvalue weighted by atomic mass is 19.1. The van der Waals surface area contributed by atoms with E-state index in [4.69, 9.17) is 0 Å². The molecule has 5 nitrogen and oxygen atoms in total. The van der Waals surface area contributed by atoms with E-state index in [0.29, 0.717) is 16.5 Å². The fourth-order valence-electron chi connectivity index (χ4n) is 2.13. The van der Waals surface area contributed by atoms with Crippen LogP contribution in [0.1, 0.15) is 11.7 Å². The van der Waals surface area contributed by atoms with Crippen LogP contribution in [-0.4, -0.2) is 20.1 Å². The van der Waals surface area contributed by atoms with Crippen molar-refractivity contribution in [3.05, 3.63) is 70.3 Å². The summed E-state index contributed by atoms with van der Waals surface area (Å²) in [6, 6.07) is 12.5. The fraction of sp³-hybridized carbons (Fsp3) is 0.133. The Bertz CT molecular complexity index is 847. The third-order valence-electron chi connectivity index (χ3n) is 3.21. The zero-order chi connectivity index (χ0) is 14.8. The van der Waals surface area contributed by atoms with Crippen LogP contribution >= 0.6 is 0 Å². The van der Waals surface area contributed by atoms with E-state index in [1.165, 1.54) is 18.2 Å². The molecule has 0 radical (unpaired) electrons. The Morgan fingerprint density at radius 2 is 2.00 bits per heavy atom. The summed E-state index contributed by atoms with van der Waals surface area (Å²) < 4.78 is 14.2. The van der Waals surface area contributed by atoms with Gasteiger partial charge in [0.2, 0.25) is 0 Å². The van der Waals surface area contributed by atoms with Crippen LogP contribution < -0.4 is 5.56 Å². The summed E-state index contributed by atoms with van der Waals surface area (Å²) in [4.78, 5) is 12.2. The highest BCUT2D eigenvalue weighted by molar-refractivity contribution is 5.76. The summed E-state index contributed by atoms with van der Waals surface area (Å²) in [6.07, 6.45) is -1.03. The number of hydrogen-bond acceptors (Lipinski definition) is 4. The number of aliphatic hydroxyl groups is 1. The minimum absolute atomic E-state index is 0.0832. The molecule has 2 aromatic carbocycles. The second kappa shape index (κ2) is 5.41. The first-order valence-electron chi connectivity index (χ1n) is 6.41. The van der Waals surface area contributed by atoms with E-state index >= 15 is 0 Å². The summed E-state index contributed by atoms with van der Waals surface area (Å²) >= 11 is 0. The van der Waals surface area contributed by atoms with Gasteiger partial charge >= 0.3 is 0 Å². The van der Waals surface area contributed by atoms with Gasteiger partial charge in [0.25, 0.3) is 5.56 Å². The number of fused-ring (bicyclic) bond motifs is 1. The van der Waals surface area contributed by atoms with Gasteiger partial charge in [0.1, 0.15) is 11.3 Å². The number of aliphatic hydroxyl groups excluding tert-OH is 1. The smallest absolute Gasteiger partial charge is 0.277 e. The van der Waals surface area contributed by atoms with Crippen molar-refractivity contribution in [2.45, 2.75) is 12.6 Å². The van der Waals surface area contributed by atoms with Crippen molar-refractivity contribution in [2.75, 3.05) is 0 Å². The van der Waals surface area contributed by atoms with Crippen molar-refractivity contribution in [3.8, 4) is 0 Å². The van der Waals surface area contributed by atoms with Gasteiger partial charge in [-0.05, 0) is 29.8 Å². The molecule has 1 atom stereocenters. The minimum Gasteiger partial charge on any atom is -0.386 e. The van der Waals surface area contributed by atoms with Gasteiger partial charge in [-0.15, -0.1) is 5.10 Å². The van der Waals surface area contributed by atoms with Crippen LogP contribution in [0.25, 0.3) is 10.9 Å². The molecule has 0 bridgehead atoms. The lowest BCUT2D eigenvalue weighted by atomic mass is 10.1. The molecule has 0 amide bonds. The van der Waals surface area contributed by atoms with Gasteiger partial charge in [0.05, 0.1) is 18.0 Å². The maximum atomic E-state index is 13.1. The highest BCUT2D eigenvalue weighted by Crippen LogP contribution is 2.15. The number of rotatable bonds is 3. The third-order valence-corrected chi connectivity index (χ3v) is 3.21. The molecule has 0 saturated heterocycles. The van der Waals surface area contributed by atoms with E-state index < -0.39 is 11.9 Å². The largest absolute Gasteiger partial charge is 0.386 e. The van der Waals surface area contributed by atoms with E-state index in [1.807, 2.05) is 0 Å². The van der Waals surface area contributed by atoms with Crippen LogP contribution in [0, 0.1) is 5.82 Å². The Hall–Kier alpha value is -2.60. The average molecular weight is 285 g/mol. The Balaban J connectivity index is 1.95. The van der Waals surface area contributed by atoms with Crippen LogP contribution in [0.3, 0.4) is 0 Å². The maximum absolute atomic E-state index is 13.1. The Labute approximate surface area is 119 Å². The van der Waals surface area contributed by atoms with E-state index in [0.717, 1.165) is 4.68 Å². The summed E-state index contributed by atoms with van der Waals surface area (Å²) in [5, 5.41) is 18.3. The Morgan fingerprint density at radius 1 is 1.19 bits per heavy atom. The second-order valence-electron chi connectivity index (χ2n) is 4.66. The molecule has 1 N–H and O–H groups in total. The summed E-state index contributed by atoms with van der Waals surface area (Å²) in [5.41, 5.74) is 0.548. The molecule has 0 spiro atoms. The molecular formula is C15H12FN3O2. The zero-order valence-corrected chi connectivity index (χ0v) is 11.0. The molecule has 3 rings (SSSR count). The van der Waals surface area contributed by atoms with Gasteiger partial charge < -0.3 is 5.11 Å². The first-order chi connectivity index (χ1) is 10.1. The van der Waals surface area contributed by atoms with Gasteiger partial charge in [0.15, 0.2) is 0 Å². The zero-order valence-electron chi connectivity index (χ0n) is 11.0. The topological polar surface area (TPSA) is 68.0 Å². The van der Waals surface area contributed by atoms with E-state index in [-0.39, 0.29) is 12.1 Å². The number of aromatic nitrogens is 3. The summed E-state index contributed by atoms with van der Waals surface area (Å²) in [6.45, 7) is -0.0832. The monoisotopic (exact) mass is 285 g/mol. The van der Waals surface area contributed by atoms with Crippen LogP contribution in [0.4, 0.5) is 4.39 Å². The molecule has 0 aliphatic heterocycles. The van der Waals surface area contributed by atoms with E-state index in [1.54, 1.807) is 30.3 Å². The van der Waals surface area contributed by atoms with Crippen molar-refractivity contribution in [2.24, 2.45) is 0 Å². The molecule has 0 saturated carbocycles. The fourth-order valence-corrected chi connectivity index (χ4v) is 2.13. The Morgan fingerprint density at radius 3 is 2.81 bits per heavy atom. The molecule has 106 valence electrons. The molecule has 0 unspecified atom stereocenters. The predicted molar refractivity (Wildman–Crippen MR) is 75.2 cm³/mol. The third kappa shape index (κ3) is 2.66. The van der Waals surface area contributed by atoms with E-state index in [2.05, 4.69) is 10.3 Å². The van der Waals surface area contributed by atoms with Crippen LogP contribution in [0.15, 0.2) is 53.3 Å². The number of benzene rings is 2. The van der Waals surface area contributed by atoms with Gasteiger partial charge in [-0.2, -0.15) is 0 Å². The average Bonchev–Trinajstić information content (AvgIpc) is 2.50. The van der Waals surface area contributed by atoms with Crippen molar-refractivity contribution in [1.29, 1.82) is 0 Å². The van der Waals surface area contributed by atoms with E-state index in [9.17, 15) is 14.3 Å². The standard InChI is InChI=1S/C15H12FN3O2/c16-11-5-3-4-10(8-11)14(20)9-19-15(21)12-6-1-2-7-13(12)17-18-19/h1-8,14,20H,9H2/t14-/m0/s1. The lowest BCUT2D eigenvalue weighted by Gasteiger charge is -2.12. The van der Waals surface area contributed by atoms with Crippen LogP contribution in [0.5, 0.6) is 0 Å². The van der Waals surface area contributed by atoms with Gasteiger partial charge in [-0.3, -0.25) is 4.79 Å². The first-order valence-corrected chi connectivity index (χ1v) is 6.41. The van der Waals surface area contributed by atoms with Crippen molar-refractivity contribution < 1.29 is 9.50 Å². The highest BCUT2D eigenvalue weighted by Gasteiger charge is 2.12. The molecule has 3 aromatic rings. The summed E-state index contributed by atoms with van der Waals surface area (Å²) in [5.74, 6) is -0.441. The first kappa shape index (κ1) is 13.4. The number of halogens is 1. The lowest BCUT2D eigenvalue weighted by Crippen LogP contribution is -2.27.